The Balaban J connectivity index is 0.000000373. The van der Waals surface area contributed by atoms with Crippen LogP contribution in [0, 0.1) is 0 Å². The van der Waals surface area contributed by atoms with Crippen molar-refractivity contribution >= 4 is 61.4 Å². The Kier molecular flexibility index (Phi) is 6.64. The Morgan fingerprint density at radius 3 is 1.53 bits per heavy atom. The van der Waals surface area contributed by atoms with E-state index in [0.717, 1.165) is 0 Å². The van der Waals surface area contributed by atoms with Crippen LogP contribution in [0.4, 0.5) is 0 Å². The van der Waals surface area contributed by atoms with Crippen LogP contribution < -0.4 is 5.32 Å². The molecule has 7 nitrogen and oxygen atoms in total. The third-order valence-corrected chi connectivity index (χ3v) is 1.64. The van der Waals surface area contributed by atoms with Gasteiger partial charge in [0.15, 0.2) is 0 Å². The van der Waals surface area contributed by atoms with Gasteiger partial charge in [0, 0.05) is 0 Å². The van der Waals surface area contributed by atoms with E-state index in [9.17, 15) is 9.59 Å². The molecule has 0 unspecified atom stereocenters. The van der Waals surface area contributed by atoms with Crippen LogP contribution >= 0.6 is 0 Å². The Morgan fingerprint density at radius 1 is 0.941 bits per heavy atom. The van der Waals surface area contributed by atoms with Gasteiger partial charge in [-0.1, -0.05) is 12.1 Å². The Morgan fingerprint density at radius 2 is 1.24 bits per heavy atom. The zero-order chi connectivity index (χ0) is 12.3. The first-order valence-corrected chi connectivity index (χ1v) is 8.49. The summed E-state index contributed by atoms with van der Waals surface area (Å²) in [6.07, 6.45) is 0. The van der Waals surface area contributed by atoms with E-state index in [1.54, 1.807) is 24.3 Å². The second-order valence-electron chi connectivity index (χ2n) is 2.84. The molecule has 0 aromatic heterocycles. The molecule has 0 saturated carbocycles. The van der Waals surface area contributed by atoms with E-state index in [1.807, 2.05) is 0 Å². The zero-order valence-electron chi connectivity index (χ0n) is 7.82. The minimum atomic E-state index is -5.35. The molecular weight excluding hydrogens is 351 g/mol. The van der Waals surface area contributed by atoms with Crippen LogP contribution in [0.2, 0.25) is 0 Å². The predicted molar refractivity (Wildman–Crippen MR) is 58.5 cm³/mol. The Labute approximate surface area is 124 Å². The van der Waals surface area contributed by atoms with Gasteiger partial charge in [-0.3, -0.25) is 14.9 Å². The van der Waals surface area contributed by atoms with Crippen molar-refractivity contribution in [2.24, 2.45) is 0 Å². The van der Waals surface area contributed by atoms with Crippen LogP contribution in [0.5, 0.6) is 0 Å². The molecule has 1 aromatic rings. The van der Waals surface area contributed by atoms with Gasteiger partial charge in [-0.25, -0.2) is 0 Å². The van der Waals surface area contributed by atoms with Crippen molar-refractivity contribution in [1.82, 2.24) is 5.32 Å². The van der Waals surface area contributed by atoms with Crippen molar-refractivity contribution in [2.45, 2.75) is 0 Å². The number of rotatable bonds is 0. The number of hydrogen-bond donors (Lipinski definition) is 4. The van der Waals surface area contributed by atoms with Crippen LogP contribution in [0.1, 0.15) is 20.7 Å². The number of carbonyl (C=O) groups is 2. The average molecular weight is 360 g/mol. The molecule has 0 fully saturated rings. The normalized spacial score (nSPS) is 12.9. The molecule has 1 heterocycles. The third-order valence-electron chi connectivity index (χ3n) is 1.64. The molecule has 0 radical (unpaired) electrons. The van der Waals surface area contributed by atoms with Crippen molar-refractivity contribution < 1.29 is 22.8 Å². The quantitative estimate of drug-likeness (QED) is 0.306. The number of carbonyl (C=O) groups excluding carboxylic acids is 2. The van der Waals surface area contributed by atoms with Crippen LogP contribution in [0.25, 0.3) is 0 Å². The molecule has 0 saturated heterocycles. The van der Waals surface area contributed by atoms with E-state index in [2.05, 4.69) is 5.32 Å². The summed E-state index contributed by atoms with van der Waals surface area (Å²) >= 11 is -5.35. The fraction of sp³-hybridized carbons (Fsp3) is 0. The van der Waals surface area contributed by atoms with Gasteiger partial charge >= 0.3 is 62.8 Å². The molecular formula is C8H9NNaO6Sb. The minimum absolute atomic E-state index is 0. The first kappa shape index (κ1) is 16.9. The second kappa shape index (κ2) is 6.70. The zero-order valence-corrected chi connectivity index (χ0v) is 10.4. The number of benzene rings is 1. The fourth-order valence-corrected chi connectivity index (χ4v) is 1.12. The van der Waals surface area contributed by atoms with Crippen LogP contribution in [0.15, 0.2) is 24.3 Å². The average Bonchev–Trinajstić information content (AvgIpc) is 2.41. The van der Waals surface area contributed by atoms with Gasteiger partial charge in [0.25, 0.3) is 11.8 Å². The Hall–Kier alpha value is -0.142. The van der Waals surface area contributed by atoms with Gasteiger partial charge in [0.1, 0.15) is 0 Å². The van der Waals surface area contributed by atoms with E-state index in [1.165, 1.54) is 0 Å². The van der Waals surface area contributed by atoms with Crippen molar-refractivity contribution in [1.29, 1.82) is 0 Å². The summed E-state index contributed by atoms with van der Waals surface area (Å²) in [6.45, 7) is 0. The third kappa shape index (κ3) is 5.83. The fourth-order valence-electron chi connectivity index (χ4n) is 1.12. The summed E-state index contributed by atoms with van der Waals surface area (Å²) < 4.78 is 30.8. The first-order chi connectivity index (χ1) is 7.29. The molecule has 4 N–H and O–H groups in total. The standard InChI is InChI=1S/C8H5NO2.Na.3H2O.O.Sb.H/c10-7-5-3-1-2-4-6(5)8(11)9-7;;;;;;;/h1-4H,(H,9,10,11);;3*1H2;;;/q;;;;;;+3;/p-3. The van der Waals surface area contributed by atoms with E-state index in [-0.39, 0.29) is 41.4 Å². The van der Waals surface area contributed by atoms with E-state index < -0.39 is 20.1 Å². The van der Waals surface area contributed by atoms with Crippen molar-refractivity contribution in [3.63, 3.8) is 0 Å². The summed E-state index contributed by atoms with van der Waals surface area (Å²) in [7, 11) is 0. The molecule has 9 heteroatoms. The van der Waals surface area contributed by atoms with Gasteiger partial charge in [-0.2, -0.15) is 0 Å². The molecule has 2 rings (SSSR count). The molecule has 1 aromatic carbocycles. The molecule has 1 aliphatic rings. The van der Waals surface area contributed by atoms with E-state index in [4.69, 9.17) is 13.2 Å². The summed E-state index contributed by atoms with van der Waals surface area (Å²) in [5, 5.41) is 2.20. The molecule has 0 bridgehead atoms. The molecule has 2 amide bonds. The van der Waals surface area contributed by atoms with Gasteiger partial charge in [0.05, 0.1) is 11.1 Å². The molecule has 17 heavy (non-hydrogen) atoms. The summed E-state index contributed by atoms with van der Waals surface area (Å²) in [6, 6.07) is 6.74. The Bertz CT molecular complexity index is 443. The van der Waals surface area contributed by atoms with Gasteiger partial charge in [-0.05, 0) is 12.1 Å². The number of hydrogen-bond acceptors (Lipinski definition) is 3. The van der Waals surface area contributed by atoms with Gasteiger partial charge in [0.2, 0.25) is 0 Å². The molecule has 0 aliphatic carbocycles. The van der Waals surface area contributed by atoms with Crippen molar-refractivity contribution in [3.05, 3.63) is 35.4 Å². The van der Waals surface area contributed by atoms with Crippen LogP contribution in [0.3, 0.4) is 0 Å². The van der Waals surface area contributed by atoms with Crippen LogP contribution in [-0.2, 0) is 3.02 Å². The first-order valence-electron chi connectivity index (χ1n) is 4.02. The van der Waals surface area contributed by atoms with Gasteiger partial charge in [-0.15, -0.1) is 0 Å². The molecule has 0 atom stereocenters. The van der Waals surface area contributed by atoms with Crippen molar-refractivity contribution in [2.75, 3.05) is 0 Å². The molecule has 88 valence electrons. The number of nitrogens with one attached hydrogen (secondary N) is 1. The van der Waals surface area contributed by atoms with Crippen molar-refractivity contribution in [3.8, 4) is 0 Å². The number of imide groups is 1. The van der Waals surface area contributed by atoms with Gasteiger partial charge < -0.3 is 0 Å². The van der Waals surface area contributed by atoms with E-state index in [0.29, 0.717) is 11.1 Å². The van der Waals surface area contributed by atoms with Crippen LogP contribution in [-0.4, -0.2) is 71.6 Å². The predicted octanol–water partition coefficient (Wildman–Crippen LogP) is -2.25. The monoisotopic (exact) mass is 359 g/mol. The number of amides is 2. The summed E-state index contributed by atoms with van der Waals surface area (Å²) in [5.41, 5.74) is 0.940. The topological polar surface area (TPSA) is 124 Å². The summed E-state index contributed by atoms with van der Waals surface area (Å²) in [4.78, 5) is 21.9. The molecule has 0 spiro atoms. The maximum atomic E-state index is 10.9. The number of fused-ring (bicyclic) bond motifs is 1. The van der Waals surface area contributed by atoms with E-state index >= 15 is 0 Å². The second-order valence-corrected chi connectivity index (χ2v) is 5.77. The molecule has 1 aliphatic heterocycles. The maximum absolute atomic E-state index is 10.9. The summed E-state index contributed by atoms with van der Waals surface area (Å²) in [5.74, 6) is -0.601. The SMILES string of the molecule is O=C1NC(=O)c2ccccc21.[NaH].[O]=[Sb]([OH])([OH])[OH].